The lowest BCUT2D eigenvalue weighted by Gasteiger charge is -2.27. The van der Waals surface area contributed by atoms with Crippen LogP contribution in [0.4, 0.5) is 13.2 Å². The number of pyridine rings is 1. The van der Waals surface area contributed by atoms with E-state index in [9.17, 15) is 13.2 Å². The van der Waals surface area contributed by atoms with Crippen molar-refractivity contribution in [3.8, 4) is 5.75 Å². The topological polar surface area (TPSA) is 34.1 Å². The van der Waals surface area contributed by atoms with E-state index in [1.54, 1.807) is 7.11 Å². The molecule has 0 aliphatic carbocycles. The number of methoxy groups -OCH3 is 1. The van der Waals surface area contributed by atoms with Gasteiger partial charge in [0.15, 0.2) is 0 Å². The highest BCUT2D eigenvalue weighted by Gasteiger charge is 2.32. The standard InChI is InChI=1S/C20H23F3N2O/c1-14(17-6-5-7-18(25-17)20(21,22)23)13-24-19(2,3)12-15-8-10-16(26-4)11-9-15/h5-11,24H,1,12-13H2,2-4H3. The first kappa shape index (κ1) is 20.0. The minimum absolute atomic E-state index is 0.243. The first-order chi connectivity index (χ1) is 12.1. The normalized spacial score (nSPS) is 12.1. The van der Waals surface area contributed by atoms with Crippen molar-refractivity contribution >= 4 is 5.57 Å². The SMILES string of the molecule is C=C(CNC(C)(C)Cc1ccc(OC)cc1)c1cccc(C(F)(F)F)n1. The molecule has 0 saturated heterocycles. The van der Waals surface area contributed by atoms with Gasteiger partial charge < -0.3 is 10.1 Å². The van der Waals surface area contributed by atoms with E-state index in [2.05, 4.69) is 16.9 Å². The molecule has 2 rings (SSSR count). The first-order valence-corrected chi connectivity index (χ1v) is 8.21. The van der Waals surface area contributed by atoms with E-state index in [0.717, 1.165) is 23.8 Å². The van der Waals surface area contributed by atoms with Crippen LogP contribution in [-0.2, 0) is 12.6 Å². The number of benzene rings is 1. The molecule has 0 saturated carbocycles. The highest BCUT2D eigenvalue weighted by atomic mass is 19.4. The molecular weight excluding hydrogens is 341 g/mol. The third kappa shape index (κ3) is 5.59. The summed E-state index contributed by atoms with van der Waals surface area (Å²) < 4.78 is 43.5. The van der Waals surface area contributed by atoms with Gasteiger partial charge in [-0.3, -0.25) is 0 Å². The molecule has 140 valence electrons. The summed E-state index contributed by atoms with van der Waals surface area (Å²) in [6.45, 7) is 8.28. The van der Waals surface area contributed by atoms with Crippen LogP contribution < -0.4 is 10.1 Å². The molecule has 1 heterocycles. The Kier molecular flexibility index (Phi) is 6.08. The molecule has 0 atom stereocenters. The van der Waals surface area contributed by atoms with Crippen LogP contribution in [0.1, 0.15) is 30.8 Å². The number of halogens is 3. The van der Waals surface area contributed by atoms with E-state index in [-0.39, 0.29) is 11.2 Å². The molecule has 2 aromatic rings. The van der Waals surface area contributed by atoms with Gasteiger partial charge in [0.2, 0.25) is 0 Å². The van der Waals surface area contributed by atoms with Crippen molar-refractivity contribution in [2.45, 2.75) is 32.0 Å². The molecule has 26 heavy (non-hydrogen) atoms. The summed E-state index contributed by atoms with van der Waals surface area (Å²) in [5.41, 5.74) is 0.713. The van der Waals surface area contributed by atoms with Gasteiger partial charge in [-0.1, -0.05) is 24.8 Å². The van der Waals surface area contributed by atoms with E-state index >= 15 is 0 Å². The minimum atomic E-state index is -4.46. The molecule has 0 radical (unpaired) electrons. The van der Waals surface area contributed by atoms with Crippen LogP contribution in [0.2, 0.25) is 0 Å². The molecule has 0 unspecified atom stereocenters. The van der Waals surface area contributed by atoms with Crippen LogP contribution in [0.15, 0.2) is 49.0 Å². The van der Waals surface area contributed by atoms with Gasteiger partial charge >= 0.3 is 6.18 Å². The lowest BCUT2D eigenvalue weighted by Crippen LogP contribution is -2.42. The number of nitrogens with zero attached hydrogens (tertiary/aromatic N) is 1. The second-order valence-electron chi connectivity index (χ2n) is 6.77. The maximum atomic E-state index is 12.8. The van der Waals surface area contributed by atoms with Crippen LogP contribution in [-0.4, -0.2) is 24.2 Å². The second kappa shape index (κ2) is 7.91. The Morgan fingerprint density at radius 1 is 1.12 bits per heavy atom. The second-order valence-corrected chi connectivity index (χ2v) is 6.77. The van der Waals surface area contributed by atoms with E-state index in [0.29, 0.717) is 12.1 Å². The number of ether oxygens (including phenoxy) is 1. The van der Waals surface area contributed by atoms with Gasteiger partial charge in [-0.2, -0.15) is 13.2 Å². The minimum Gasteiger partial charge on any atom is -0.497 e. The molecule has 6 heteroatoms. The smallest absolute Gasteiger partial charge is 0.433 e. The number of alkyl halides is 3. The number of hydrogen-bond donors (Lipinski definition) is 1. The van der Waals surface area contributed by atoms with Gasteiger partial charge in [0.05, 0.1) is 12.8 Å². The van der Waals surface area contributed by atoms with E-state index in [1.807, 2.05) is 38.1 Å². The monoisotopic (exact) mass is 364 g/mol. The highest BCUT2D eigenvalue weighted by Crippen LogP contribution is 2.28. The Morgan fingerprint density at radius 2 is 1.77 bits per heavy atom. The van der Waals surface area contributed by atoms with Gasteiger partial charge in [-0.05, 0) is 55.7 Å². The van der Waals surface area contributed by atoms with Crippen molar-refractivity contribution in [2.24, 2.45) is 0 Å². The first-order valence-electron chi connectivity index (χ1n) is 8.21. The average molecular weight is 364 g/mol. The van der Waals surface area contributed by atoms with Gasteiger partial charge in [0.1, 0.15) is 11.4 Å². The summed E-state index contributed by atoms with van der Waals surface area (Å²) in [6, 6.07) is 11.6. The van der Waals surface area contributed by atoms with Gasteiger partial charge in [0, 0.05) is 12.1 Å². The Balaban J connectivity index is 1.98. The average Bonchev–Trinajstić information content (AvgIpc) is 2.59. The molecule has 0 fully saturated rings. The quantitative estimate of drug-likeness (QED) is 0.771. The number of hydrogen-bond acceptors (Lipinski definition) is 3. The zero-order valence-electron chi connectivity index (χ0n) is 15.2. The summed E-state index contributed by atoms with van der Waals surface area (Å²) in [5, 5.41) is 3.34. The van der Waals surface area contributed by atoms with Gasteiger partial charge in [0.25, 0.3) is 0 Å². The molecule has 0 spiro atoms. The van der Waals surface area contributed by atoms with E-state index in [4.69, 9.17) is 4.74 Å². The Bertz CT molecular complexity index is 752. The van der Waals surface area contributed by atoms with E-state index < -0.39 is 11.9 Å². The van der Waals surface area contributed by atoms with Crippen LogP contribution in [0, 0.1) is 0 Å². The fraction of sp³-hybridized carbons (Fsp3) is 0.350. The summed E-state index contributed by atoms with van der Waals surface area (Å²) in [5.74, 6) is 0.795. The maximum Gasteiger partial charge on any atom is 0.433 e. The van der Waals surface area contributed by atoms with Gasteiger partial charge in [-0.15, -0.1) is 0 Å². The van der Waals surface area contributed by atoms with Crippen LogP contribution in [0.5, 0.6) is 5.75 Å². The molecule has 1 aromatic carbocycles. The largest absolute Gasteiger partial charge is 0.497 e. The lowest BCUT2D eigenvalue weighted by molar-refractivity contribution is -0.141. The molecule has 0 bridgehead atoms. The Labute approximate surface area is 151 Å². The molecule has 1 aromatic heterocycles. The molecular formula is C20H23F3N2O. The fourth-order valence-electron chi connectivity index (χ4n) is 2.54. The number of rotatable bonds is 7. The van der Waals surface area contributed by atoms with Crippen LogP contribution in [0.3, 0.4) is 0 Å². The van der Waals surface area contributed by atoms with Crippen molar-refractivity contribution in [3.05, 3.63) is 66.0 Å². The lowest BCUT2D eigenvalue weighted by atomic mass is 9.94. The third-order valence-corrected chi connectivity index (χ3v) is 3.99. The summed E-state index contributed by atoms with van der Waals surface area (Å²) in [4.78, 5) is 3.67. The van der Waals surface area contributed by atoms with Crippen molar-refractivity contribution in [2.75, 3.05) is 13.7 Å². The van der Waals surface area contributed by atoms with Crippen LogP contribution >= 0.6 is 0 Å². The molecule has 3 nitrogen and oxygen atoms in total. The summed E-state index contributed by atoms with van der Waals surface area (Å²) in [6.07, 6.45) is -3.71. The van der Waals surface area contributed by atoms with Gasteiger partial charge in [-0.25, -0.2) is 4.98 Å². The zero-order valence-corrected chi connectivity index (χ0v) is 15.2. The Hall–Kier alpha value is -2.34. The third-order valence-electron chi connectivity index (χ3n) is 3.99. The predicted molar refractivity (Wildman–Crippen MR) is 97.1 cm³/mol. The fourth-order valence-corrected chi connectivity index (χ4v) is 2.54. The molecule has 0 aliphatic rings. The summed E-state index contributed by atoms with van der Waals surface area (Å²) in [7, 11) is 1.62. The van der Waals surface area contributed by atoms with Crippen molar-refractivity contribution in [1.29, 1.82) is 0 Å². The zero-order chi connectivity index (χ0) is 19.4. The van der Waals surface area contributed by atoms with Crippen molar-refractivity contribution in [1.82, 2.24) is 10.3 Å². The van der Waals surface area contributed by atoms with E-state index in [1.165, 1.54) is 12.1 Å². The highest BCUT2D eigenvalue weighted by molar-refractivity contribution is 5.61. The van der Waals surface area contributed by atoms with Crippen LogP contribution in [0.25, 0.3) is 5.57 Å². The maximum absolute atomic E-state index is 12.8. The predicted octanol–water partition coefficient (Wildman–Crippen LogP) is 4.73. The summed E-state index contributed by atoms with van der Waals surface area (Å²) >= 11 is 0. The van der Waals surface area contributed by atoms with Crippen molar-refractivity contribution in [3.63, 3.8) is 0 Å². The molecule has 1 N–H and O–H groups in total. The number of nitrogens with one attached hydrogen (secondary N) is 1. The van der Waals surface area contributed by atoms with Crippen molar-refractivity contribution < 1.29 is 17.9 Å². The molecule has 0 aliphatic heterocycles. The number of aromatic nitrogens is 1. The molecule has 0 amide bonds. The Morgan fingerprint density at radius 3 is 2.35 bits per heavy atom.